The van der Waals surface area contributed by atoms with Crippen molar-refractivity contribution in [3.05, 3.63) is 53.8 Å². The molecule has 0 unspecified atom stereocenters. The molecule has 5 heteroatoms. The van der Waals surface area contributed by atoms with Crippen LogP contribution in [-0.4, -0.2) is 11.0 Å². The lowest BCUT2D eigenvalue weighted by atomic mass is 10.2. The number of rotatable bonds is 4. The molecule has 0 aliphatic heterocycles. The fraction of sp³-hybridized carbons (Fsp3) is 0.133. The number of anilines is 2. The normalized spacial score (nSPS) is 10.1. The third kappa shape index (κ3) is 3.47. The Morgan fingerprint density at radius 1 is 1.20 bits per heavy atom. The number of halogens is 1. The molecule has 4 nitrogen and oxygen atoms in total. The van der Waals surface area contributed by atoms with E-state index in [1.165, 1.54) is 13.0 Å². The molecule has 0 aromatic heterocycles. The summed E-state index contributed by atoms with van der Waals surface area (Å²) in [6.45, 7) is 1.72. The third-order valence-corrected chi connectivity index (χ3v) is 2.74. The lowest BCUT2D eigenvalue weighted by Gasteiger charge is -2.10. The number of para-hydroxylation sites is 1. The molecule has 20 heavy (non-hydrogen) atoms. The van der Waals surface area contributed by atoms with Crippen molar-refractivity contribution in [3.8, 4) is 5.75 Å². The van der Waals surface area contributed by atoms with E-state index in [0.717, 1.165) is 5.69 Å². The van der Waals surface area contributed by atoms with Gasteiger partial charge in [0.25, 0.3) is 0 Å². The molecule has 0 saturated carbocycles. The number of hydrogen-bond acceptors (Lipinski definition) is 3. The molecule has 2 aromatic carbocycles. The first-order chi connectivity index (χ1) is 9.56. The summed E-state index contributed by atoms with van der Waals surface area (Å²) in [5.74, 6) is -1.14. The minimum Gasteiger partial charge on any atom is -0.505 e. The molecule has 0 radical (unpaired) electrons. The summed E-state index contributed by atoms with van der Waals surface area (Å²) in [5.41, 5.74) is 1.90. The molecule has 0 saturated heterocycles. The van der Waals surface area contributed by atoms with E-state index in [2.05, 4.69) is 10.6 Å². The largest absolute Gasteiger partial charge is 0.505 e. The highest BCUT2D eigenvalue weighted by atomic mass is 19.1. The van der Waals surface area contributed by atoms with Gasteiger partial charge >= 0.3 is 0 Å². The molecule has 0 bridgehead atoms. The van der Waals surface area contributed by atoms with E-state index in [4.69, 9.17) is 0 Å². The predicted molar refractivity (Wildman–Crippen MR) is 76.1 cm³/mol. The highest BCUT2D eigenvalue weighted by Gasteiger charge is 2.06. The lowest BCUT2D eigenvalue weighted by Crippen LogP contribution is -2.06. The molecule has 0 fully saturated rings. The first-order valence-corrected chi connectivity index (χ1v) is 6.14. The Morgan fingerprint density at radius 3 is 2.65 bits per heavy atom. The van der Waals surface area contributed by atoms with E-state index in [1.54, 1.807) is 30.3 Å². The molecule has 0 atom stereocenters. The van der Waals surface area contributed by atoms with Gasteiger partial charge in [0, 0.05) is 30.4 Å². The van der Waals surface area contributed by atoms with Crippen LogP contribution in [0.3, 0.4) is 0 Å². The monoisotopic (exact) mass is 274 g/mol. The molecule has 0 spiro atoms. The van der Waals surface area contributed by atoms with Crippen molar-refractivity contribution in [2.75, 3.05) is 10.6 Å². The summed E-state index contributed by atoms with van der Waals surface area (Å²) in [7, 11) is 0. The molecule has 2 rings (SSSR count). The zero-order chi connectivity index (χ0) is 14.5. The van der Waals surface area contributed by atoms with Crippen LogP contribution in [0.2, 0.25) is 0 Å². The molecule has 1 amide bonds. The molecule has 3 N–H and O–H groups in total. The van der Waals surface area contributed by atoms with Gasteiger partial charge in [-0.2, -0.15) is 0 Å². The number of nitrogens with one attached hydrogen (secondary N) is 2. The number of amides is 1. The Hall–Kier alpha value is -2.56. The quantitative estimate of drug-likeness (QED) is 0.802. The lowest BCUT2D eigenvalue weighted by molar-refractivity contribution is -0.114. The van der Waals surface area contributed by atoms with Crippen LogP contribution < -0.4 is 10.6 Å². The van der Waals surface area contributed by atoms with Gasteiger partial charge in [-0.15, -0.1) is 0 Å². The fourth-order valence-electron chi connectivity index (χ4n) is 1.81. The number of aromatic hydroxyl groups is 1. The molecule has 0 aliphatic rings. The van der Waals surface area contributed by atoms with Gasteiger partial charge in [-0.3, -0.25) is 4.79 Å². The Balaban J connectivity index is 2.07. The number of hydrogen-bond donors (Lipinski definition) is 3. The number of carbonyl (C=O) groups is 1. The van der Waals surface area contributed by atoms with Crippen molar-refractivity contribution in [3.63, 3.8) is 0 Å². The Bertz CT molecular complexity index is 629. The smallest absolute Gasteiger partial charge is 0.221 e. The second-order valence-electron chi connectivity index (χ2n) is 4.36. The van der Waals surface area contributed by atoms with E-state index < -0.39 is 5.82 Å². The van der Waals surface area contributed by atoms with Crippen LogP contribution in [0.25, 0.3) is 0 Å². The summed E-state index contributed by atoms with van der Waals surface area (Å²) < 4.78 is 13.2. The number of phenols is 1. The second kappa shape index (κ2) is 6.06. The minimum absolute atomic E-state index is 0.148. The van der Waals surface area contributed by atoms with Crippen molar-refractivity contribution in [2.24, 2.45) is 0 Å². The van der Waals surface area contributed by atoms with Gasteiger partial charge in [-0.1, -0.05) is 18.2 Å². The SMILES string of the molecule is CC(=O)Nc1cccc(NCc2cccc(F)c2O)c1. The average Bonchev–Trinajstić information content (AvgIpc) is 2.40. The van der Waals surface area contributed by atoms with Crippen molar-refractivity contribution in [1.29, 1.82) is 0 Å². The first-order valence-electron chi connectivity index (χ1n) is 6.14. The van der Waals surface area contributed by atoms with E-state index in [1.807, 2.05) is 6.07 Å². The number of carbonyl (C=O) groups excluding carboxylic acids is 1. The van der Waals surface area contributed by atoms with Gasteiger partial charge in [0.2, 0.25) is 5.91 Å². The van der Waals surface area contributed by atoms with Crippen LogP contribution in [0.15, 0.2) is 42.5 Å². The molecule has 2 aromatic rings. The average molecular weight is 274 g/mol. The zero-order valence-corrected chi connectivity index (χ0v) is 11.0. The van der Waals surface area contributed by atoms with E-state index >= 15 is 0 Å². The Kier molecular flexibility index (Phi) is 4.20. The van der Waals surface area contributed by atoms with Gasteiger partial charge in [0.1, 0.15) is 0 Å². The van der Waals surface area contributed by atoms with Crippen molar-refractivity contribution in [2.45, 2.75) is 13.5 Å². The van der Waals surface area contributed by atoms with E-state index in [-0.39, 0.29) is 18.2 Å². The zero-order valence-electron chi connectivity index (χ0n) is 11.0. The summed E-state index contributed by atoms with van der Waals surface area (Å²) >= 11 is 0. The standard InChI is InChI=1S/C15H15FN2O2/c1-10(19)18-13-6-3-5-12(8-13)17-9-11-4-2-7-14(16)15(11)20/h2-8,17,20H,9H2,1H3,(H,18,19). The van der Waals surface area contributed by atoms with Crippen molar-refractivity contribution < 1.29 is 14.3 Å². The summed E-state index contributed by atoms with van der Waals surface area (Å²) in [6.07, 6.45) is 0. The van der Waals surface area contributed by atoms with Crippen LogP contribution in [0.1, 0.15) is 12.5 Å². The maximum atomic E-state index is 13.2. The van der Waals surface area contributed by atoms with Gasteiger partial charge in [0.15, 0.2) is 11.6 Å². The second-order valence-corrected chi connectivity index (χ2v) is 4.36. The van der Waals surface area contributed by atoms with Crippen LogP contribution in [-0.2, 0) is 11.3 Å². The molecule has 104 valence electrons. The van der Waals surface area contributed by atoms with Crippen LogP contribution in [0, 0.1) is 5.82 Å². The van der Waals surface area contributed by atoms with E-state index in [0.29, 0.717) is 11.3 Å². The molecule has 0 heterocycles. The molecular formula is C15H15FN2O2. The van der Waals surface area contributed by atoms with Gasteiger partial charge in [-0.05, 0) is 24.3 Å². The highest BCUT2D eigenvalue weighted by Crippen LogP contribution is 2.22. The minimum atomic E-state index is -0.642. The summed E-state index contributed by atoms with van der Waals surface area (Å²) in [6, 6.07) is 11.5. The number of benzene rings is 2. The Labute approximate surface area is 116 Å². The third-order valence-electron chi connectivity index (χ3n) is 2.74. The van der Waals surface area contributed by atoms with Crippen molar-refractivity contribution >= 4 is 17.3 Å². The first kappa shape index (κ1) is 13.9. The number of phenolic OH excluding ortho intramolecular Hbond substituents is 1. The maximum Gasteiger partial charge on any atom is 0.221 e. The summed E-state index contributed by atoms with van der Waals surface area (Å²) in [5, 5.41) is 15.3. The Morgan fingerprint density at radius 2 is 1.90 bits per heavy atom. The maximum absolute atomic E-state index is 13.2. The van der Waals surface area contributed by atoms with Crippen LogP contribution in [0.4, 0.5) is 15.8 Å². The van der Waals surface area contributed by atoms with E-state index in [9.17, 15) is 14.3 Å². The van der Waals surface area contributed by atoms with Gasteiger partial charge in [-0.25, -0.2) is 4.39 Å². The van der Waals surface area contributed by atoms with Crippen LogP contribution in [0.5, 0.6) is 5.75 Å². The molecular weight excluding hydrogens is 259 g/mol. The van der Waals surface area contributed by atoms with Gasteiger partial charge in [0.05, 0.1) is 0 Å². The van der Waals surface area contributed by atoms with Crippen molar-refractivity contribution in [1.82, 2.24) is 0 Å². The molecule has 0 aliphatic carbocycles. The van der Waals surface area contributed by atoms with Crippen LogP contribution >= 0.6 is 0 Å². The topological polar surface area (TPSA) is 61.4 Å². The van der Waals surface area contributed by atoms with Gasteiger partial charge < -0.3 is 15.7 Å². The predicted octanol–water partition coefficient (Wildman–Crippen LogP) is 3.10. The summed E-state index contributed by atoms with van der Waals surface area (Å²) in [4.78, 5) is 11.0. The fourth-order valence-corrected chi connectivity index (χ4v) is 1.81. The highest BCUT2D eigenvalue weighted by molar-refractivity contribution is 5.89.